The molecular weight excluding hydrogens is 224 g/mol. The van der Waals surface area contributed by atoms with Gasteiger partial charge < -0.3 is 5.11 Å². The number of carboxylic acids is 1. The number of hydrazine groups is 1. The van der Waals surface area contributed by atoms with E-state index >= 15 is 0 Å². The molecule has 1 atom stereocenters. The fraction of sp³-hybridized carbons (Fsp3) is 0.545. The zero-order chi connectivity index (χ0) is 12.5. The Labute approximate surface area is 98.0 Å². The van der Waals surface area contributed by atoms with E-state index in [2.05, 4.69) is 10.9 Å². The zero-order valence-corrected chi connectivity index (χ0v) is 9.23. The Morgan fingerprint density at radius 2 is 1.88 bits per heavy atom. The molecule has 2 saturated carbocycles. The van der Waals surface area contributed by atoms with Crippen molar-refractivity contribution in [1.29, 1.82) is 0 Å². The van der Waals surface area contributed by atoms with Crippen LogP contribution < -0.4 is 10.9 Å². The maximum atomic E-state index is 11.6. The van der Waals surface area contributed by atoms with E-state index in [1.54, 1.807) is 0 Å². The van der Waals surface area contributed by atoms with E-state index in [0.29, 0.717) is 6.08 Å². The van der Waals surface area contributed by atoms with Gasteiger partial charge in [-0.25, -0.2) is 4.79 Å². The van der Waals surface area contributed by atoms with E-state index in [1.807, 2.05) is 0 Å². The molecular formula is C11H14N2O4. The van der Waals surface area contributed by atoms with Gasteiger partial charge in [0.25, 0.3) is 5.91 Å². The molecule has 0 bridgehead atoms. The third kappa shape index (κ3) is 2.46. The summed E-state index contributed by atoms with van der Waals surface area (Å²) in [5.41, 5.74) is 4.68. The molecule has 2 rings (SSSR count). The summed E-state index contributed by atoms with van der Waals surface area (Å²) in [6.45, 7) is 0. The highest BCUT2D eigenvalue weighted by Crippen LogP contribution is 2.65. The van der Waals surface area contributed by atoms with Crippen LogP contribution in [0.4, 0.5) is 0 Å². The molecule has 17 heavy (non-hydrogen) atoms. The van der Waals surface area contributed by atoms with Gasteiger partial charge in [0, 0.05) is 18.1 Å². The topological polar surface area (TPSA) is 95.5 Å². The first-order chi connectivity index (χ1) is 8.03. The summed E-state index contributed by atoms with van der Waals surface area (Å²) in [6.07, 6.45) is 5.84. The molecule has 92 valence electrons. The number of nitrogens with one attached hydrogen (secondary N) is 2. The highest BCUT2D eigenvalue weighted by molar-refractivity contribution is 5.95. The van der Waals surface area contributed by atoms with Crippen molar-refractivity contribution in [3.63, 3.8) is 0 Å². The lowest BCUT2D eigenvalue weighted by Gasteiger charge is -2.26. The molecule has 2 aliphatic carbocycles. The molecule has 6 nitrogen and oxygen atoms in total. The van der Waals surface area contributed by atoms with E-state index < -0.39 is 11.9 Å². The SMILES string of the molecule is O=C(O)/C=C\C(=O)NNC(=O)[C@H]1CC12CCC2. The van der Waals surface area contributed by atoms with Gasteiger partial charge in [0.1, 0.15) is 0 Å². The van der Waals surface area contributed by atoms with Gasteiger partial charge in [-0.05, 0) is 24.7 Å². The van der Waals surface area contributed by atoms with Crippen LogP contribution in [0.25, 0.3) is 0 Å². The summed E-state index contributed by atoms with van der Waals surface area (Å²) in [4.78, 5) is 32.8. The molecule has 0 aliphatic heterocycles. The predicted molar refractivity (Wildman–Crippen MR) is 57.5 cm³/mol. The van der Waals surface area contributed by atoms with Crippen molar-refractivity contribution in [3.05, 3.63) is 12.2 Å². The Balaban J connectivity index is 1.70. The summed E-state index contributed by atoms with van der Waals surface area (Å²) in [7, 11) is 0. The maximum Gasteiger partial charge on any atom is 0.328 e. The lowest BCUT2D eigenvalue weighted by Crippen LogP contribution is -2.42. The standard InChI is InChI=1S/C11H14N2O4/c14-8(2-3-9(15)16)12-13-10(17)7-6-11(7)4-1-5-11/h2-3,7H,1,4-6H2,(H,12,14)(H,13,17)(H,15,16)/b3-2-/t7-/m1/s1. The van der Waals surface area contributed by atoms with Crippen LogP contribution in [0.15, 0.2) is 12.2 Å². The van der Waals surface area contributed by atoms with Crippen molar-refractivity contribution in [2.24, 2.45) is 11.3 Å². The summed E-state index contributed by atoms with van der Waals surface area (Å²) in [6, 6.07) is 0. The highest BCUT2D eigenvalue weighted by Gasteiger charge is 2.60. The molecule has 0 aromatic carbocycles. The van der Waals surface area contributed by atoms with Crippen molar-refractivity contribution in [1.82, 2.24) is 10.9 Å². The third-order valence-electron chi connectivity index (χ3n) is 3.54. The van der Waals surface area contributed by atoms with E-state index in [1.165, 1.54) is 6.42 Å². The lowest BCUT2D eigenvalue weighted by atomic mass is 9.80. The predicted octanol–water partition coefficient (Wildman–Crippen LogP) is -0.0352. The van der Waals surface area contributed by atoms with E-state index in [0.717, 1.165) is 25.3 Å². The second kappa shape index (κ2) is 4.20. The Morgan fingerprint density at radius 3 is 2.35 bits per heavy atom. The number of aliphatic carboxylic acids is 1. The molecule has 2 fully saturated rings. The first kappa shape index (κ1) is 11.6. The smallest absolute Gasteiger partial charge is 0.328 e. The van der Waals surface area contributed by atoms with Crippen molar-refractivity contribution < 1.29 is 19.5 Å². The number of carbonyl (C=O) groups excluding carboxylic acids is 2. The molecule has 6 heteroatoms. The van der Waals surface area contributed by atoms with Gasteiger partial charge in [-0.15, -0.1) is 0 Å². The van der Waals surface area contributed by atoms with Crippen LogP contribution in [0.2, 0.25) is 0 Å². The van der Waals surface area contributed by atoms with Crippen LogP contribution in [0, 0.1) is 11.3 Å². The monoisotopic (exact) mass is 238 g/mol. The van der Waals surface area contributed by atoms with Crippen LogP contribution in [0.1, 0.15) is 25.7 Å². The first-order valence-electron chi connectivity index (χ1n) is 5.54. The van der Waals surface area contributed by atoms with Gasteiger partial charge in [0.2, 0.25) is 5.91 Å². The first-order valence-corrected chi connectivity index (χ1v) is 5.54. The lowest BCUT2D eigenvalue weighted by molar-refractivity contribution is -0.131. The average molecular weight is 238 g/mol. The Morgan fingerprint density at radius 1 is 1.18 bits per heavy atom. The van der Waals surface area contributed by atoms with Gasteiger partial charge >= 0.3 is 5.97 Å². The zero-order valence-electron chi connectivity index (χ0n) is 9.23. The quantitative estimate of drug-likeness (QED) is 0.475. The summed E-state index contributed by atoms with van der Waals surface area (Å²) < 4.78 is 0. The minimum absolute atomic E-state index is 0.0139. The number of rotatable bonds is 3. The molecule has 0 aromatic rings. The average Bonchev–Trinajstić information content (AvgIpc) is 2.98. The van der Waals surface area contributed by atoms with Crippen molar-refractivity contribution >= 4 is 17.8 Å². The highest BCUT2D eigenvalue weighted by atomic mass is 16.4. The summed E-state index contributed by atoms with van der Waals surface area (Å²) in [5.74, 6) is -2.02. The van der Waals surface area contributed by atoms with E-state index in [-0.39, 0.29) is 17.2 Å². The van der Waals surface area contributed by atoms with Gasteiger partial charge in [0.15, 0.2) is 0 Å². The van der Waals surface area contributed by atoms with Gasteiger partial charge in [-0.1, -0.05) is 6.42 Å². The van der Waals surface area contributed by atoms with Crippen molar-refractivity contribution in [3.8, 4) is 0 Å². The number of amides is 2. The molecule has 0 saturated heterocycles. The fourth-order valence-corrected chi connectivity index (χ4v) is 2.30. The number of hydrogen-bond acceptors (Lipinski definition) is 3. The minimum atomic E-state index is -1.21. The molecule has 2 amide bonds. The summed E-state index contributed by atoms with van der Waals surface area (Å²) in [5, 5.41) is 8.29. The molecule has 1 spiro atoms. The van der Waals surface area contributed by atoms with Crippen molar-refractivity contribution in [2.75, 3.05) is 0 Å². The van der Waals surface area contributed by atoms with Gasteiger partial charge in [-0.2, -0.15) is 0 Å². The Kier molecular flexibility index (Phi) is 2.87. The Bertz CT molecular complexity index is 398. The van der Waals surface area contributed by atoms with Gasteiger partial charge in [0.05, 0.1) is 0 Å². The third-order valence-corrected chi connectivity index (χ3v) is 3.54. The molecule has 2 aliphatic rings. The minimum Gasteiger partial charge on any atom is -0.478 e. The second-order valence-electron chi connectivity index (χ2n) is 4.62. The molecule has 0 unspecified atom stereocenters. The van der Waals surface area contributed by atoms with Crippen LogP contribution in [-0.2, 0) is 14.4 Å². The molecule has 0 radical (unpaired) electrons. The van der Waals surface area contributed by atoms with Crippen LogP contribution in [-0.4, -0.2) is 22.9 Å². The normalized spacial score (nSPS) is 24.1. The largest absolute Gasteiger partial charge is 0.478 e. The van der Waals surface area contributed by atoms with Gasteiger partial charge in [-0.3, -0.25) is 20.4 Å². The van der Waals surface area contributed by atoms with E-state index in [9.17, 15) is 14.4 Å². The van der Waals surface area contributed by atoms with Crippen LogP contribution >= 0.6 is 0 Å². The summed E-state index contributed by atoms with van der Waals surface area (Å²) >= 11 is 0. The molecule has 0 heterocycles. The van der Waals surface area contributed by atoms with E-state index in [4.69, 9.17) is 5.11 Å². The fourth-order valence-electron chi connectivity index (χ4n) is 2.30. The molecule has 3 N–H and O–H groups in total. The maximum absolute atomic E-state index is 11.6. The second-order valence-corrected chi connectivity index (χ2v) is 4.62. The Hall–Kier alpha value is -1.85. The number of hydrogen-bond donors (Lipinski definition) is 3. The van der Waals surface area contributed by atoms with Crippen LogP contribution in [0.3, 0.4) is 0 Å². The molecule has 0 aromatic heterocycles. The van der Waals surface area contributed by atoms with Crippen molar-refractivity contribution in [2.45, 2.75) is 25.7 Å². The number of carbonyl (C=O) groups is 3. The number of carboxylic acid groups (broad SMARTS) is 1. The van der Waals surface area contributed by atoms with Crippen LogP contribution in [0.5, 0.6) is 0 Å².